The van der Waals surface area contributed by atoms with Crippen LogP contribution in [-0.2, 0) is 22.3 Å². The van der Waals surface area contributed by atoms with Gasteiger partial charge in [-0.25, -0.2) is 18.9 Å². The van der Waals surface area contributed by atoms with Crippen LogP contribution in [0.2, 0.25) is 0 Å². The molecular formula is C20H18FN7O5S. The van der Waals surface area contributed by atoms with Gasteiger partial charge >= 0.3 is 6.09 Å². The van der Waals surface area contributed by atoms with Gasteiger partial charge in [-0.3, -0.25) is 14.6 Å². The van der Waals surface area contributed by atoms with Gasteiger partial charge in [0, 0.05) is 37.1 Å². The summed E-state index contributed by atoms with van der Waals surface area (Å²) in [5.41, 5.74) is -0.155. The molecule has 2 aliphatic rings. The molecule has 4 heterocycles. The summed E-state index contributed by atoms with van der Waals surface area (Å²) in [6, 6.07) is 6.20. The zero-order valence-corrected chi connectivity index (χ0v) is 18.5. The predicted octanol–water partition coefficient (Wildman–Crippen LogP) is 2.08. The number of pyridine rings is 2. The molecule has 2 N–H and O–H groups in total. The van der Waals surface area contributed by atoms with Crippen molar-refractivity contribution in [3.8, 4) is 17.4 Å². The second kappa shape index (κ2) is 8.14. The van der Waals surface area contributed by atoms with Crippen LogP contribution in [0.1, 0.15) is 24.1 Å². The summed E-state index contributed by atoms with van der Waals surface area (Å²) in [5, 5.41) is 7.58. The maximum Gasteiger partial charge on any atom is 0.416 e. The molecule has 5 rings (SSSR count). The van der Waals surface area contributed by atoms with Crippen molar-refractivity contribution in [3.63, 3.8) is 0 Å². The van der Waals surface area contributed by atoms with Gasteiger partial charge in [0.2, 0.25) is 5.88 Å². The van der Waals surface area contributed by atoms with Gasteiger partial charge in [0.05, 0.1) is 18.3 Å². The zero-order valence-electron chi connectivity index (χ0n) is 17.7. The lowest BCUT2D eigenvalue weighted by Crippen LogP contribution is -2.46. The fourth-order valence-electron chi connectivity index (χ4n) is 3.69. The Morgan fingerprint density at radius 2 is 2.09 bits per heavy atom. The molecule has 14 heteroatoms. The summed E-state index contributed by atoms with van der Waals surface area (Å²) >= 11 is 0. The molecule has 3 aromatic rings. The Hall–Kier alpha value is -3.91. The number of nitrogens with one attached hydrogen (secondary N) is 2. The topological polar surface area (TPSA) is 149 Å². The van der Waals surface area contributed by atoms with Gasteiger partial charge in [-0.05, 0) is 25.0 Å². The molecule has 1 spiro atoms. The molecule has 0 atom stereocenters. The maximum absolute atomic E-state index is 15.0. The lowest BCUT2D eigenvalue weighted by molar-refractivity contribution is 0.0992. The van der Waals surface area contributed by atoms with Crippen LogP contribution in [0, 0.1) is 5.82 Å². The first kappa shape index (κ1) is 21.9. The number of ether oxygens (including phenoxy) is 2. The largest absolute Gasteiger partial charge is 0.436 e. The molecule has 0 unspecified atom stereocenters. The van der Waals surface area contributed by atoms with E-state index in [0.29, 0.717) is 24.3 Å². The molecule has 0 bridgehead atoms. The number of aromatic nitrogens is 4. The fraction of sp³-hybridized carbons (Fsp3) is 0.250. The van der Waals surface area contributed by atoms with E-state index in [4.69, 9.17) is 9.47 Å². The van der Waals surface area contributed by atoms with Crippen LogP contribution in [0.4, 0.5) is 15.0 Å². The highest BCUT2D eigenvalue weighted by molar-refractivity contribution is 7.90. The Kier molecular flexibility index (Phi) is 5.25. The van der Waals surface area contributed by atoms with Crippen LogP contribution in [0.3, 0.4) is 0 Å². The average Bonchev–Trinajstić information content (AvgIpc) is 3.60. The molecule has 1 amide bonds. The van der Waals surface area contributed by atoms with E-state index < -0.39 is 33.5 Å². The fourth-order valence-corrected chi connectivity index (χ4v) is 4.19. The van der Waals surface area contributed by atoms with Gasteiger partial charge < -0.3 is 9.47 Å². The Balaban J connectivity index is 1.42. The van der Waals surface area contributed by atoms with Gasteiger partial charge in [0.15, 0.2) is 23.1 Å². The van der Waals surface area contributed by atoms with Crippen molar-refractivity contribution >= 4 is 22.1 Å². The Labute approximate surface area is 193 Å². The predicted molar refractivity (Wildman–Crippen MR) is 115 cm³/mol. The quantitative estimate of drug-likeness (QED) is 0.511. The Morgan fingerprint density at radius 3 is 2.79 bits per heavy atom. The van der Waals surface area contributed by atoms with Crippen LogP contribution in [0.5, 0.6) is 17.4 Å². The summed E-state index contributed by atoms with van der Waals surface area (Å²) in [6.45, 7) is -0.166. The number of carbonyl (C=O) groups is 1. The van der Waals surface area contributed by atoms with Gasteiger partial charge in [-0.2, -0.15) is 13.5 Å². The second-order valence-electron chi connectivity index (χ2n) is 7.61. The summed E-state index contributed by atoms with van der Waals surface area (Å²) in [4.78, 5) is 22.5. The number of carbonyl (C=O) groups excluding carboxylic acids is 1. The number of halogens is 1. The van der Waals surface area contributed by atoms with E-state index in [9.17, 15) is 13.2 Å². The maximum atomic E-state index is 15.0. The monoisotopic (exact) mass is 487 g/mol. The smallest absolute Gasteiger partial charge is 0.416 e. The van der Waals surface area contributed by atoms with E-state index in [1.807, 2.05) is 9.44 Å². The van der Waals surface area contributed by atoms with E-state index in [0.717, 1.165) is 0 Å². The highest BCUT2D eigenvalue weighted by Gasteiger charge is 2.58. The van der Waals surface area contributed by atoms with E-state index in [1.165, 1.54) is 36.6 Å². The molecule has 176 valence electrons. The highest BCUT2D eigenvalue weighted by atomic mass is 32.2. The van der Waals surface area contributed by atoms with E-state index >= 15 is 4.39 Å². The standard InChI is InChI=1S/C20H18FN7O5S/c1-22-34(30,31)27-18-16(21)12(4-8-23-18)11-28-19(29)33-14-9-13(32-15-3-2-7-25-26-15)10-24-17(14)20(28)5-6-20/h2-4,7-10,22H,5-6,11H2,1H3,(H,23,27). The van der Waals surface area contributed by atoms with Crippen LogP contribution < -0.4 is 18.9 Å². The van der Waals surface area contributed by atoms with Crippen molar-refractivity contribution in [3.05, 3.63) is 59.9 Å². The minimum Gasteiger partial charge on any atom is -0.436 e. The molecule has 1 saturated carbocycles. The number of hydrogen-bond acceptors (Lipinski definition) is 9. The first-order valence-corrected chi connectivity index (χ1v) is 11.6. The molecule has 1 aliphatic heterocycles. The molecule has 0 saturated heterocycles. The van der Waals surface area contributed by atoms with Crippen LogP contribution in [-0.4, -0.2) is 46.6 Å². The highest BCUT2D eigenvalue weighted by Crippen LogP contribution is 2.56. The molecule has 12 nitrogen and oxygen atoms in total. The van der Waals surface area contributed by atoms with Crippen molar-refractivity contribution in [2.75, 3.05) is 11.8 Å². The number of anilines is 1. The number of amides is 1. The van der Waals surface area contributed by atoms with Gasteiger partial charge in [0.25, 0.3) is 10.2 Å². The molecule has 1 fully saturated rings. The van der Waals surface area contributed by atoms with Crippen molar-refractivity contribution in [2.24, 2.45) is 0 Å². The summed E-state index contributed by atoms with van der Waals surface area (Å²) < 4.78 is 53.6. The summed E-state index contributed by atoms with van der Waals surface area (Å²) in [6.07, 6.45) is 4.79. The molecule has 0 radical (unpaired) electrons. The van der Waals surface area contributed by atoms with Crippen molar-refractivity contribution < 1.29 is 27.1 Å². The Morgan fingerprint density at radius 1 is 1.26 bits per heavy atom. The molecular weight excluding hydrogens is 469 g/mol. The van der Waals surface area contributed by atoms with Gasteiger partial charge in [-0.1, -0.05) is 0 Å². The minimum absolute atomic E-state index is 0.0677. The average molecular weight is 487 g/mol. The summed E-state index contributed by atoms with van der Waals surface area (Å²) in [5.74, 6) is -0.550. The number of fused-ring (bicyclic) bond motifs is 2. The number of nitrogens with zero attached hydrogens (tertiary/aromatic N) is 5. The van der Waals surface area contributed by atoms with Gasteiger partial charge in [-0.15, -0.1) is 5.10 Å². The Bertz CT molecular complexity index is 1370. The minimum atomic E-state index is -3.97. The van der Waals surface area contributed by atoms with E-state index in [2.05, 4.69) is 20.2 Å². The van der Waals surface area contributed by atoms with Crippen LogP contribution >= 0.6 is 0 Å². The van der Waals surface area contributed by atoms with Gasteiger partial charge in [0.1, 0.15) is 5.69 Å². The SMILES string of the molecule is CNS(=O)(=O)Nc1nccc(CN2C(=O)Oc3cc(Oc4cccnn4)cnc3C23CC3)c1F. The van der Waals surface area contributed by atoms with Crippen molar-refractivity contribution in [1.82, 2.24) is 29.8 Å². The zero-order chi connectivity index (χ0) is 23.9. The van der Waals surface area contributed by atoms with E-state index in [-0.39, 0.29) is 23.7 Å². The normalized spacial score (nSPS) is 16.1. The van der Waals surface area contributed by atoms with E-state index in [1.54, 1.807) is 18.2 Å². The first-order valence-electron chi connectivity index (χ1n) is 10.1. The lowest BCUT2D eigenvalue weighted by atomic mass is 10.1. The molecule has 34 heavy (non-hydrogen) atoms. The third kappa shape index (κ3) is 3.97. The van der Waals surface area contributed by atoms with Crippen molar-refractivity contribution in [1.29, 1.82) is 0 Å². The number of hydrogen-bond donors (Lipinski definition) is 2. The first-order chi connectivity index (χ1) is 16.3. The molecule has 3 aromatic heterocycles. The number of rotatable bonds is 7. The lowest BCUT2D eigenvalue weighted by Gasteiger charge is -2.36. The summed E-state index contributed by atoms with van der Waals surface area (Å²) in [7, 11) is -2.79. The third-order valence-corrected chi connectivity index (χ3v) is 6.49. The third-order valence-electron chi connectivity index (χ3n) is 5.49. The second-order valence-corrected chi connectivity index (χ2v) is 9.23. The van der Waals surface area contributed by atoms with Crippen LogP contribution in [0.15, 0.2) is 42.9 Å². The van der Waals surface area contributed by atoms with Crippen LogP contribution in [0.25, 0.3) is 0 Å². The molecule has 1 aliphatic carbocycles. The molecule has 0 aromatic carbocycles. The van der Waals surface area contributed by atoms with Crippen molar-refractivity contribution in [2.45, 2.75) is 24.9 Å².